The SMILES string of the molecule is COc1cccc(NC(=O)c2cc(N3CCCCS3)ccc2Cl)c1. The maximum atomic E-state index is 12.6. The van der Waals surface area contributed by atoms with Crippen LogP contribution in [-0.2, 0) is 0 Å². The number of hydrogen-bond acceptors (Lipinski definition) is 4. The Bertz CT molecular complexity index is 733. The highest BCUT2D eigenvalue weighted by molar-refractivity contribution is 8.00. The van der Waals surface area contributed by atoms with Gasteiger partial charge in [-0.05, 0) is 55.1 Å². The van der Waals surface area contributed by atoms with Crippen molar-refractivity contribution in [3.63, 3.8) is 0 Å². The van der Waals surface area contributed by atoms with Crippen LogP contribution < -0.4 is 14.4 Å². The number of carbonyl (C=O) groups is 1. The van der Waals surface area contributed by atoms with Gasteiger partial charge in [0.05, 0.1) is 17.7 Å². The highest BCUT2D eigenvalue weighted by atomic mass is 35.5. The van der Waals surface area contributed by atoms with Gasteiger partial charge in [-0.1, -0.05) is 17.7 Å². The Morgan fingerprint density at radius 1 is 1.25 bits per heavy atom. The van der Waals surface area contributed by atoms with Crippen molar-refractivity contribution in [1.82, 2.24) is 0 Å². The third-order valence-corrected chi connectivity index (χ3v) is 5.32. The lowest BCUT2D eigenvalue weighted by Crippen LogP contribution is -2.21. The number of rotatable bonds is 4. The quantitative estimate of drug-likeness (QED) is 0.789. The summed E-state index contributed by atoms with van der Waals surface area (Å²) in [6.07, 6.45) is 2.40. The summed E-state index contributed by atoms with van der Waals surface area (Å²) in [7, 11) is 1.59. The van der Waals surface area contributed by atoms with E-state index in [1.807, 2.05) is 30.3 Å². The van der Waals surface area contributed by atoms with Gasteiger partial charge in [-0.15, -0.1) is 0 Å². The first-order chi connectivity index (χ1) is 11.7. The minimum Gasteiger partial charge on any atom is -0.497 e. The molecule has 4 nitrogen and oxygen atoms in total. The Hall–Kier alpha value is -1.85. The molecule has 0 aliphatic carbocycles. The zero-order valence-corrected chi connectivity index (χ0v) is 15.0. The second kappa shape index (κ2) is 7.81. The Labute approximate surface area is 151 Å². The molecule has 2 aromatic rings. The number of carbonyl (C=O) groups excluding carboxylic acids is 1. The minimum atomic E-state index is -0.225. The minimum absolute atomic E-state index is 0.225. The van der Waals surface area contributed by atoms with Crippen molar-refractivity contribution in [1.29, 1.82) is 0 Å². The number of hydrogen-bond donors (Lipinski definition) is 1. The van der Waals surface area contributed by atoms with Gasteiger partial charge in [0.25, 0.3) is 5.91 Å². The number of benzene rings is 2. The predicted octanol–water partition coefficient (Wildman–Crippen LogP) is 4.85. The Morgan fingerprint density at radius 2 is 2.12 bits per heavy atom. The van der Waals surface area contributed by atoms with Gasteiger partial charge in [0.15, 0.2) is 0 Å². The third-order valence-electron chi connectivity index (χ3n) is 3.81. The molecule has 0 radical (unpaired) electrons. The van der Waals surface area contributed by atoms with Crippen LogP contribution in [0.3, 0.4) is 0 Å². The van der Waals surface area contributed by atoms with Crippen LogP contribution in [0.5, 0.6) is 5.75 Å². The number of nitrogens with zero attached hydrogens (tertiary/aromatic N) is 1. The molecule has 3 rings (SSSR count). The number of amides is 1. The van der Waals surface area contributed by atoms with Crippen molar-refractivity contribution in [3.05, 3.63) is 53.1 Å². The van der Waals surface area contributed by atoms with E-state index in [-0.39, 0.29) is 5.91 Å². The Morgan fingerprint density at radius 3 is 2.88 bits per heavy atom. The fourth-order valence-corrected chi connectivity index (χ4v) is 3.82. The molecule has 1 aliphatic rings. The number of nitrogens with one attached hydrogen (secondary N) is 1. The summed E-state index contributed by atoms with van der Waals surface area (Å²) in [6.45, 7) is 0.989. The summed E-state index contributed by atoms with van der Waals surface area (Å²) in [5.74, 6) is 1.57. The van der Waals surface area contributed by atoms with E-state index in [0.717, 1.165) is 18.0 Å². The van der Waals surface area contributed by atoms with Crippen LogP contribution in [0.15, 0.2) is 42.5 Å². The Kier molecular flexibility index (Phi) is 5.53. The fraction of sp³-hybridized carbons (Fsp3) is 0.278. The summed E-state index contributed by atoms with van der Waals surface area (Å²) >= 11 is 8.04. The van der Waals surface area contributed by atoms with Gasteiger partial charge in [0.1, 0.15) is 5.75 Å². The zero-order chi connectivity index (χ0) is 16.9. The standard InChI is InChI=1S/C18H19ClN2O2S/c1-23-15-6-4-5-13(11-15)20-18(22)16-12-14(7-8-17(16)19)21-9-2-3-10-24-21/h4-8,11-12H,2-3,9-10H2,1H3,(H,20,22). The number of anilines is 2. The maximum absolute atomic E-state index is 12.6. The molecule has 126 valence electrons. The monoisotopic (exact) mass is 362 g/mol. The smallest absolute Gasteiger partial charge is 0.257 e. The normalized spacial score (nSPS) is 14.3. The molecule has 0 spiro atoms. The molecule has 0 bridgehead atoms. The summed E-state index contributed by atoms with van der Waals surface area (Å²) in [5, 5.41) is 3.32. The lowest BCUT2D eigenvalue weighted by molar-refractivity contribution is 0.102. The van der Waals surface area contributed by atoms with Crippen LogP contribution in [0.25, 0.3) is 0 Å². The largest absolute Gasteiger partial charge is 0.497 e. The number of ether oxygens (including phenoxy) is 1. The molecule has 24 heavy (non-hydrogen) atoms. The molecule has 2 aromatic carbocycles. The van der Waals surface area contributed by atoms with E-state index in [1.165, 1.54) is 12.8 Å². The van der Waals surface area contributed by atoms with Gasteiger partial charge in [-0.25, -0.2) is 0 Å². The molecule has 1 fully saturated rings. The van der Waals surface area contributed by atoms with Crippen LogP contribution in [0.4, 0.5) is 11.4 Å². The summed E-state index contributed by atoms with van der Waals surface area (Å²) in [6, 6.07) is 12.9. The second-order valence-corrected chi connectivity index (χ2v) is 7.01. The molecular weight excluding hydrogens is 344 g/mol. The highest BCUT2D eigenvalue weighted by Crippen LogP contribution is 2.31. The van der Waals surface area contributed by atoms with Crippen molar-refractivity contribution in [2.75, 3.05) is 29.0 Å². The van der Waals surface area contributed by atoms with E-state index < -0.39 is 0 Å². The molecular formula is C18H19ClN2O2S. The average Bonchev–Trinajstić information content (AvgIpc) is 2.63. The maximum Gasteiger partial charge on any atom is 0.257 e. The first kappa shape index (κ1) is 17.0. The van der Waals surface area contributed by atoms with Gasteiger partial charge in [0.2, 0.25) is 0 Å². The summed E-state index contributed by atoms with van der Waals surface area (Å²) in [5.41, 5.74) is 2.16. The van der Waals surface area contributed by atoms with E-state index in [4.69, 9.17) is 16.3 Å². The van der Waals surface area contributed by atoms with Gasteiger partial charge in [-0.2, -0.15) is 0 Å². The van der Waals surface area contributed by atoms with Crippen LogP contribution >= 0.6 is 23.5 Å². The summed E-state index contributed by atoms with van der Waals surface area (Å²) in [4.78, 5) is 12.6. The van der Waals surface area contributed by atoms with Crippen molar-refractivity contribution in [3.8, 4) is 5.75 Å². The lowest BCUT2D eigenvalue weighted by Gasteiger charge is -2.27. The van der Waals surface area contributed by atoms with Crippen LogP contribution in [0.1, 0.15) is 23.2 Å². The Balaban J connectivity index is 1.80. The molecule has 0 unspecified atom stereocenters. The zero-order valence-electron chi connectivity index (χ0n) is 13.4. The number of halogens is 1. The van der Waals surface area contributed by atoms with Gasteiger partial charge >= 0.3 is 0 Å². The van der Waals surface area contributed by atoms with Gasteiger partial charge in [0, 0.05) is 29.7 Å². The average molecular weight is 363 g/mol. The molecule has 6 heteroatoms. The molecule has 1 amide bonds. The molecule has 1 heterocycles. The van der Waals surface area contributed by atoms with Crippen LogP contribution in [-0.4, -0.2) is 25.3 Å². The first-order valence-electron chi connectivity index (χ1n) is 7.83. The van der Waals surface area contributed by atoms with E-state index in [1.54, 1.807) is 31.2 Å². The molecule has 0 aromatic heterocycles. The molecule has 1 aliphatic heterocycles. The second-order valence-electron chi connectivity index (χ2n) is 5.49. The first-order valence-corrected chi connectivity index (χ1v) is 9.15. The third kappa shape index (κ3) is 3.97. The van der Waals surface area contributed by atoms with E-state index >= 15 is 0 Å². The molecule has 0 atom stereocenters. The van der Waals surface area contributed by atoms with E-state index in [2.05, 4.69) is 9.62 Å². The van der Waals surface area contributed by atoms with Crippen molar-refractivity contribution >= 4 is 40.8 Å². The molecule has 1 saturated heterocycles. The predicted molar refractivity (Wildman–Crippen MR) is 101 cm³/mol. The lowest BCUT2D eigenvalue weighted by atomic mass is 10.1. The van der Waals surface area contributed by atoms with Crippen LogP contribution in [0, 0.1) is 0 Å². The summed E-state index contributed by atoms with van der Waals surface area (Å²) < 4.78 is 7.40. The van der Waals surface area contributed by atoms with Crippen molar-refractivity contribution < 1.29 is 9.53 Å². The number of methoxy groups -OCH3 is 1. The van der Waals surface area contributed by atoms with Crippen molar-refractivity contribution in [2.45, 2.75) is 12.8 Å². The van der Waals surface area contributed by atoms with E-state index in [9.17, 15) is 4.79 Å². The van der Waals surface area contributed by atoms with Gasteiger partial charge in [-0.3, -0.25) is 4.79 Å². The fourth-order valence-electron chi connectivity index (χ4n) is 2.54. The molecule has 1 N–H and O–H groups in total. The molecule has 0 saturated carbocycles. The van der Waals surface area contributed by atoms with Crippen LogP contribution in [0.2, 0.25) is 5.02 Å². The van der Waals surface area contributed by atoms with Gasteiger partial charge < -0.3 is 14.4 Å². The van der Waals surface area contributed by atoms with E-state index in [0.29, 0.717) is 22.0 Å². The van der Waals surface area contributed by atoms with Crippen molar-refractivity contribution in [2.24, 2.45) is 0 Å². The highest BCUT2D eigenvalue weighted by Gasteiger charge is 2.17. The topological polar surface area (TPSA) is 41.6 Å².